The lowest BCUT2D eigenvalue weighted by atomic mass is 9.82. The minimum Gasteiger partial charge on any atom is -0.342 e. The Bertz CT molecular complexity index is 528. The van der Waals surface area contributed by atoms with Gasteiger partial charge in [-0.25, -0.2) is 4.98 Å². The first-order chi connectivity index (χ1) is 8.98. The summed E-state index contributed by atoms with van der Waals surface area (Å²) in [5.74, 6) is -0.0218. The highest BCUT2D eigenvalue weighted by atomic mass is 16.2. The van der Waals surface area contributed by atoms with Crippen LogP contribution in [0.1, 0.15) is 43.0 Å². The quantitative estimate of drug-likeness (QED) is 0.887. The van der Waals surface area contributed by atoms with Gasteiger partial charge >= 0.3 is 0 Å². The summed E-state index contributed by atoms with van der Waals surface area (Å²) in [6.45, 7) is 6.27. The van der Waals surface area contributed by atoms with Gasteiger partial charge in [0.15, 0.2) is 0 Å². The third-order valence-corrected chi connectivity index (χ3v) is 2.90. The summed E-state index contributed by atoms with van der Waals surface area (Å²) in [6.07, 6.45) is 1.32. The topological polar surface area (TPSA) is 70.7 Å². The number of hydrogen-bond donors (Lipinski definition) is 2. The normalized spacial score (nSPS) is 13.0. The summed E-state index contributed by atoms with van der Waals surface area (Å²) in [4.78, 5) is 16.0. The van der Waals surface area contributed by atoms with Crippen LogP contribution in [0.2, 0.25) is 0 Å². The molecule has 2 N–H and O–H groups in total. The van der Waals surface area contributed by atoms with E-state index in [4.69, 9.17) is 0 Å². The molecular weight excluding hydrogens is 240 g/mol. The lowest BCUT2D eigenvalue weighted by Gasteiger charge is -2.31. The Balaban J connectivity index is 2.23. The lowest BCUT2D eigenvalue weighted by Crippen LogP contribution is -2.37. The molecule has 0 spiro atoms. The van der Waals surface area contributed by atoms with Crippen LogP contribution in [0.15, 0.2) is 36.7 Å². The highest BCUT2D eigenvalue weighted by Crippen LogP contribution is 2.32. The van der Waals surface area contributed by atoms with Crippen molar-refractivity contribution >= 4 is 5.91 Å². The minimum atomic E-state index is -0.249. The van der Waals surface area contributed by atoms with Crippen LogP contribution in [-0.4, -0.2) is 21.1 Å². The fraction of sp³-hybridized carbons (Fsp3) is 0.357. The number of H-pyrrole nitrogens is 1. The van der Waals surface area contributed by atoms with Crippen LogP contribution in [0.4, 0.5) is 0 Å². The second-order valence-electron chi connectivity index (χ2n) is 5.52. The monoisotopic (exact) mass is 258 g/mol. The Morgan fingerprint density at radius 3 is 2.47 bits per heavy atom. The number of hydrogen-bond acceptors (Lipinski definition) is 3. The predicted molar refractivity (Wildman–Crippen MR) is 72.5 cm³/mol. The van der Waals surface area contributed by atoms with Gasteiger partial charge in [0.05, 0.1) is 6.04 Å². The zero-order chi connectivity index (χ0) is 13.9. The second-order valence-corrected chi connectivity index (χ2v) is 5.52. The van der Waals surface area contributed by atoms with Crippen molar-refractivity contribution < 1.29 is 4.79 Å². The van der Waals surface area contributed by atoms with Gasteiger partial charge in [-0.05, 0) is 11.0 Å². The van der Waals surface area contributed by atoms with Crippen LogP contribution in [0.3, 0.4) is 0 Å². The molecular formula is C14H18N4O. The first-order valence-electron chi connectivity index (χ1n) is 6.19. The Morgan fingerprint density at radius 1 is 1.26 bits per heavy atom. The summed E-state index contributed by atoms with van der Waals surface area (Å²) >= 11 is 0. The fourth-order valence-corrected chi connectivity index (χ4v) is 1.96. The zero-order valence-corrected chi connectivity index (χ0v) is 11.3. The summed E-state index contributed by atoms with van der Waals surface area (Å²) in [5.41, 5.74) is 0.972. The number of rotatable bonds is 3. The molecule has 5 nitrogen and oxygen atoms in total. The Morgan fingerprint density at radius 2 is 1.95 bits per heavy atom. The number of aromatic nitrogens is 3. The van der Waals surface area contributed by atoms with Gasteiger partial charge in [-0.3, -0.25) is 9.89 Å². The molecule has 1 heterocycles. The minimum absolute atomic E-state index is 0.0914. The molecule has 100 valence electrons. The van der Waals surface area contributed by atoms with Crippen molar-refractivity contribution in [1.82, 2.24) is 20.5 Å². The SMILES string of the molecule is CC(C)(C)C(NC(=O)c1ncn[nH]1)c1ccccc1. The standard InChI is InChI=1S/C14H18N4O/c1-14(2,3)11(10-7-5-4-6-8-10)17-13(19)12-15-9-16-18-12/h4-9,11H,1-3H3,(H,17,19)(H,15,16,18). The van der Waals surface area contributed by atoms with E-state index in [9.17, 15) is 4.79 Å². The van der Waals surface area contributed by atoms with Crippen molar-refractivity contribution in [3.8, 4) is 0 Å². The zero-order valence-electron chi connectivity index (χ0n) is 11.3. The van der Waals surface area contributed by atoms with Crippen molar-refractivity contribution in [2.24, 2.45) is 5.41 Å². The summed E-state index contributed by atoms with van der Waals surface area (Å²) in [5, 5.41) is 9.26. The number of amides is 1. The van der Waals surface area contributed by atoms with Gasteiger partial charge in [0, 0.05) is 0 Å². The molecule has 5 heteroatoms. The highest BCUT2D eigenvalue weighted by molar-refractivity contribution is 5.90. The first-order valence-corrected chi connectivity index (χ1v) is 6.19. The molecule has 0 bridgehead atoms. The molecule has 2 rings (SSSR count). The van der Waals surface area contributed by atoms with Crippen LogP contribution < -0.4 is 5.32 Å². The molecule has 2 aromatic rings. The highest BCUT2D eigenvalue weighted by Gasteiger charge is 2.28. The molecule has 1 aromatic carbocycles. The molecule has 0 aliphatic heterocycles. The molecule has 0 saturated heterocycles. The van der Waals surface area contributed by atoms with Gasteiger partial charge in [-0.1, -0.05) is 51.1 Å². The van der Waals surface area contributed by atoms with Gasteiger partial charge in [0.2, 0.25) is 5.82 Å². The first kappa shape index (κ1) is 13.3. The second kappa shape index (κ2) is 5.22. The molecule has 1 unspecified atom stereocenters. The van der Waals surface area contributed by atoms with Crippen LogP contribution >= 0.6 is 0 Å². The number of nitrogens with zero attached hydrogens (tertiary/aromatic N) is 2. The van der Waals surface area contributed by atoms with E-state index in [0.29, 0.717) is 0 Å². The van der Waals surface area contributed by atoms with Crippen molar-refractivity contribution in [2.75, 3.05) is 0 Å². The van der Waals surface area contributed by atoms with Crippen molar-refractivity contribution in [3.63, 3.8) is 0 Å². The molecule has 0 saturated carbocycles. The molecule has 0 aliphatic rings. The van der Waals surface area contributed by atoms with Crippen molar-refractivity contribution in [1.29, 1.82) is 0 Å². The van der Waals surface area contributed by atoms with Crippen LogP contribution in [0, 0.1) is 5.41 Å². The van der Waals surface area contributed by atoms with Gasteiger partial charge in [0.25, 0.3) is 5.91 Å². The average Bonchev–Trinajstić information content (AvgIpc) is 2.89. The molecule has 0 fully saturated rings. The summed E-state index contributed by atoms with van der Waals surface area (Å²) in [6, 6.07) is 9.82. The van der Waals surface area contributed by atoms with E-state index in [0.717, 1.165) is 5.56 Å². The largest absolute Gasteiger partial charge is 0.342 e. The van der Waals surface area contributed by atoms with E-state index in [1.54, 1.807) is 0 Å². The third kappa shape index (κ3) is 3.19. The predicted octanol–water partition coefficient (Wildman–Crippen LogP) is 2.32. The molecule has 0 aliphatic carbocycles. The molecule has 0 radical (unpaired) electrons. The van der Waals surface area contributed by atoms with Crippen molar-refractivity contribution in [2.45, 2.75) is 26.8 Å². The Labute approximate surface area is 112 Å². The molecule has 1 atom stereocenters. The number of carbonyl (C=O) groups is 1. The number of carbonyl (C=O) groups excluding carboxylic acids is 1. The maximum Gasteiger partial charge on any atom is 0.289 e. The number of aromatic amines is 1. The van der Waals surface area contributed by atoms with Gasteiger partial charge in [0.1, 0.15) is 6.33 Å². The maximum absolute atomic E-state index is 12.1. The smallest absolute Gasteiger partial charge is 0.289 e. The Kier molecular flexibility index (Phi) is 3.64. The average molecular weight is 258 g/mol. The van der Waals surface area contributed by atoms with E-state index in [1.807, 2.05) is 30.3 Å². The van der Waals surface area contributed by atoms with Crippen LogP contribution in [0.5, 0.6) is 0 Å². The summed E-state index contributed by atoms with van der Waals surface area (Å²) < 4.78 is 0. The summed E-state index contributed by atoms with van der Waals surface area (Å²) in [7, 11) is 0. The van der Waals surface area contributed by atoms with Crippen LogP contribution in [-0.2, 0) is 0 Å². The molecule has 1 amide bonds. The van der Waals surface area contributed by atoms with E-state index < -0.39 is 0 Å². The molecule has 1 aromatic heterocycles. The third-order valence-electron chi connectivity index (χ3n) is 2.90. The number of nitrogens with one attached hydrogen (secondary N) is 2. The Hall–Kier alpha value is -2.17. The van der Waals surface area contributed by atoms with E-state index in [-0.39, 0.29) is 23.2 Å². The number of benzene rings is 1. The van der Waals surface area contributed by atoms with Gasteiger partial charge in [-0.2, -0.15) is 5.10 Å². The van der Waals surface area contributed by atoms with E-state index >= 15 is 0 Å². The maximum atomic E-state index is 12.1. The fourth-order valence-electron chi connectivity index (χ4n) is 1.96. The van der Waals surface area contributed by atoms with Gasteiger partial charge < -0.3 is 5.32 Å². The van der Waals surface area contributed by atoms with E-state index in [1.165, 1.54) is 6.33 Å². The molecule has 19 heavy (non-hydrogen) atoms. The van der Waals surface area contributed by atoms with Crippen molar-refractivity contribution in [3.05, 3.63) is 48.0 Å². The lowest BCUT2D eigenvalue weighted by molar-refractivity contribution is 0.0891. The van der Waals surface area contributed by atoms with Crippen LogP contribution in [0.25, 0.3) is 0 Å². The van der Waals surface area contributed by atoms with Gasteiger partial charge in [-0.15, -0.1) is 0 Å². The van der Waals surface area contributed by atoms with E-state index in [2.05, 4.69) is 41.3 Å².